The van der Waals surface area contributed by atoms with Gasteiger partial charge in [-0.05, 0) is 45.7 Å². The lowest BCUT2D eigenvalue weighted by Gasteiger charge is -2.42. The van der Waals surface area contributed by atoms with Crippen molar-refractivity contribution in [2.24, 2.45) is 11.3 Å². The van der Waals surface area contributed by atoms with Gasteiger partial charge >= 0.3 is 6.09 Å². The topological polar surface area (TPSA) is 55.8 Å². The number of ether oxygens (including phenoxy) is 1. The molecule has 0 spiro atoms. The van der Waals surface area contributed by atoms with Crippen LogP contribution in [-0.2, 0) is 14.0 Å². The lowest BCUT2D eigenvalue weighted by atomic mass is 9.78. The molecule has 0 aromatic carbocycles. The van der Waals surface area contributed by atoms with Crippen LogP contribution in [0.3, 0.4) is 0 Å². The van der Waals surface area contributed by atoms with Crippen molar-refractivity contribution in [1.82, 2.24) is 4.90 Å². The van der Waals surface area contributed by atoms with Crippen molar-refractivity contribution in [3.8, 4) is 0 Å². The van der Waals surface area contributed by atoms with Gasteiger partial charge in [-0.25, -0.2) is 9.69 Å². The van der Waals surface area contributed by atoms with Gasteiger partial charge in [0.25, 0.3) is 0 Å². The molecule has 23 heavy (non-hydrogen) atoms. The molecule has 1 radical (unpaired) electrons. The van der Waals surface area contributed by atoms with E-state index in [1.807, 2.05) is 0 Å². The van der Waals surface area contributed by atoms with Crippen molar-refractivity contribution in [3.63, 3.8) is 0 Å². The summed E-state index contributed by atoms with van der Waals surface area (Å²) in [6.45, 7) is 16.5. The Morgan fingerprint density at radius 1 is 1.22 bits per heavy atom. The highest BCUT2D eigenvalue weighted by molar-refractivity contribution is 6.48. The van der Waals surface area contributed by atoms with E-state index in [1.165, 1.54) is 4.90 Å². The van der Waals surface area contributed by atoms with E-state index in [4.69, 9.17) is 9.16 Å². The first-order valence-electron chi connectivity index (χ1n) is 8.31. The monoisotopic (exact) mass is 342 g/mol. The van der Waals surface area contributed by atoms with Crippen LogP contribution in [0.15, 0.2) is 0 Å². The third kappa shape index (κ3) is 6.26. The zero-order valence-electron chi connectivity index (χ0n) is 15.9. The van der Waals surface area contributed by atoms with Crippen molar-refractivity contribution < 1.29 is 18.8 Å². The normalized spacial score (nSPS) is 21.5. The van der Waals surface area contributed by atoms with Crippen molar-refractivity contribution in [1.29, 1.82) is 0 Å². The maximum Gasteiger partial charge on any atom is 0.417 e. The standard InChI is InChI=1S/C17H32NO4Si/c1-16(2,3)14(22-23(7)8)12-9-10-13(19)18(11-12)15(20)21-17(4,5)6/h12,14H,9-11H2,1-8H3. The van der Waals surface area contributed by atoms with E-state index >= 15 is 0 Å². The molecule has 133 valence electrons. The molecule has 1 fully saturated rings. The predicted octanol–water partition coefficient (Wildman–Crippen LogP) is 3.84. The molecule has 2 unspecified atom stereocenters. The Morgan fingerprint density at radius 3 is 2.22 bits per heavy atom. The second kappa shape index (κ2) is 7.34. The summed E-state index contributed by atoms with van der Waals surface area (Å²) >= 11 is 0. The Hall–Kier alpha value is -0.883. The summed E-state index contributed by atoms with van der Waals surface area (Å²) in [5.74, 6) is 0.00167. The molecular formula is C17H32NO4Si. The molecule has 6 heteroatoms. The summed E-state index contributed by atoms with van der Waals surface area (Å²) in [5, 5.41) is 0. The minimum absolute atomic E-state index is 0.0319. The van der Waals surface area contributed by atoms with E-state index in [1.54, 1.807) is 20.8 Å². The number of carbonyl (C=O) groups is 2. The molecule has 1 aliphatic rings. The number of carbonyl (C=O) groups excluding carboxylic acids is 2. The Kier molecular flexibility index (Phi) is 6.44. The molecule has 0 saturated carbocycles. The lowest BCUT2D eigenvalue weighted by Crippen LogP contribution is -2.52. The summed E-state index contributed by atoms with van der Waals surface area (Å²) in [5.41, 5.74) is -0.639. The number of hydrogen-bond acceptors (Lipinski definition) is 4. The number of nitrogens with zero attached hydrogens (tertiary/aromatic N) is 1. The number of amides is 2. The molecule has 0 N–H and O–H groups in total. The predicted molar refractivity (Wildman–Crippen MR) is 92.5 cm³/mol. The third-order valence-electron chi connectivity index (χ3n) is 3.71. The Morgan fingerprint density at radius 2 is 1.78 bits per heavy atom. The average Bonchev–Trinajstić information content (AvgIpc) is 2.33. The Bertz CT molecular complexity index is 437. The van der Waals surface area contributed by atoms with Gasteiger partial charge in [0.05, 0.1) is 6.10 Å². The molecule has 2 atom stereocenters. The second-order valence-corrected chi connectivity index (χ2v) is 10.6. The van der Waals surface area contributed by atoms with Crippen molar-refractivity contribution >= 4 is 21.0 Å². The van der Waals surface area contributed by atoms with Crippen LogP contribution in [0.25, 0.3) is 0 Å². The molecule has 0 aromatic rings. The van der Waals surface area contributed by atoms with Crippen LogP contribution in [-0.4, -0.2) is 44.2 Å². The molecule has 1 rings (SSSR count). The largest absolute Gasteiger partial charge is 0.443 e. The van der Waals surface area contributed by atoms with Gasteiger partial charge < -0.3 is 9.16 Å². The first kappa shape index (κ1) is 20.2. The van der Waals surface area contributed by atoms with E-state index in [0.29, 0.717) is 13.0 Å². The molecule has 0 aliphatic carbocycles. The van der Waals surface area contributed by atoms with Crippen LogP contribution in [0.1, 0.15) is 54.4 Å². The third-order valence-corrected chi connectivity index (χ3v) is 4.43. The summed E-state index contributed by atoms with van der Waals surface area (Å²) in [7, 11) is -0.863. The minimum atomic E-state index is -0.863. The fraction of sp³-hybridized carbons (Fsp3) is 0.882. The smallest absolute Gasteiger partial charge is 0.417 e. The molecular weight excluding hydrogens is 310 g/mol. The summed E-state index contributed by atoms with van der Waals surface area (Å²) in [4.78, 5) is 25.7. The van der Waals surface area contributed by atoms with E-state index in [-0.39, 0.29) is 23.3 Å². The van der Waals surface area contributed by atoms with Gasteiger partial charge in [0.1, 0.15) is 5.60 Å². The summed E-state index contributed by atoms with van der Waals surface area (Å²) < 4.78 is 11.6. The minimum Gasteiger partial charge on any atom is -0.443 e. The molecule has 2 amide bonds. The molecule has 5 nitrogen and oxygen atoms in total. The van der Waals surface area contributed by atoms with Crippen LogP contribution < -0.4 is 0 Å². The SMILES string of the molecule is C[Si](C)OC(C1CCC(=O)N(C(=O)OC(C)(C)C)C1)C(C)(C)C. The number of likely N-dealkylation sites (tertiary alicyclic amines) is 1. The van der Waals surface area contributed by atoms with E-state index in [9.17, 15) is 9.59 Å². The highest BCUT2D eigenvalue weighted by Crippen LogP contribution is 2.34. The maximum atomic E-state index is 12.3. The van der Waals surface area contributed by atoms with Crippen LogP contribution in [0.4, 0.5) is 4.79 Å². The van der Waals surface area contributed by atoms with E-state index in [0.717, 1.165) is 6.42 Å². The van der Waals surface area contributed by atoms with E-state index < -0.39 is 20.7 Å². The average molecular weight is 343 g/mol. The summed E-state index contributed by atoms with van der Waals surface area (Å²) in [6.07, 6.45) is 0.618. The molecule has 0 aromatic heterocycles. The van der Waals surface area contributed by atoms with Crippen LogP contribution >= 0.6 is 0 Å². The van der Waals surface area contributed by atoms with E-state index in [2.05, 4.69) is 33.9 Å². The zero-order chi connectivity index (χ0) is 18.0. The van der Waals surface area contributed by atoms with Gasteiger partial charge in [0, 0.05) is 18.9 Å². The van der Waals surface area contributed by atoms with Gasteiger partial charge in [0.15, 0.2) is 0 Å². The first-order chi connectivity index (χ1) is 10.3. The van der Waals surface area contributed by atoms with Gasteiger partial charge in [-0.2, -0.15) is 0 Å². The molecule has 0 bridgehead atoms. The maximum absolute atomic E-state index is 12.3. The highest BCUT2D eigenvalue weighted by atomic mass is 28.3. The fourth-order valence-electron chi connectivity index (χ4n) is 2.85. The van der Waals surface area contributed by atoms with Crippen LogP contribution in [0.5, 0.6) is 0 Å². The second-order valence-electron chi connectivity index (χ2n) is 8.60. The van der Waals surface area contributed by atoms with Gasteiger partial charge in [-0.15, -0.1) is 0 Å². The number of hydrogen-bond donors (Lipinski definition) is 0. The van der Waals surface area contributed by atoms with Crippen LogP contribution in [0.2, 0.25) is 13.1 Å². The molecule has 1 aliphatic heterocycles. The number of imide groups is 1. The Labute approximate surface area is 142 Å². The lowest BCUT2D eigenvalue weighted by molar-refractivity contribution is -0.136. The molecule has 1 heterocycles. The van der Waals surface area contributed by atoms with Crippen molar-refractivity contribution in [2.75, 3.05) is 6.54 Å². The van der Waals surface area contributed by atoms with Gasteiger partial charge in [-0.3, -0.25) is 4.79 Å². The van der Waals surface area contributed by atoms with Crippen LogP contribution in [0, 0.1) is 11.3 Å². The number of rotatable bonds is 3. The van der Waals surface area contributed by atoms with Crippen molar-refractivity contribution in [3.05, 3.63) is 0 Å². The quantitative estimate of drug-likeness (QED) is 0.731. The fourth-order valence-corrected chi connectivity index (χ4v) is 3.90. The van der Waals surface area contributed by atoms with Gasteiger partial charge in [-0.1, -0.05) is 20.8 Å². The Balaban J connectivity index is 2.89. The van der Waals surface area contributed by atoms with Gasteiger partial charge in [0.2, 0.25) is 14.9 Å². The zero-order valence-corrected chi connectivity index (χ0v) is 16.9. The molecule has 1 saturated heterocycles. The highest BCUT2D eigenvalue weighted by Gasteiger charge is 2.41. The summed E-state index contributed by atoms with van der Waals surface area (Å²) in [6, 6.07) is 0. The number of piperidine rings is 1. The van der Waals surface area contributed by atoms with Crippen molar-refractivity contribution in [2.45, 2.75) is 79.2 Å². The first-order valence-corrected chi connectivity index (χ1v) is 10.7.